The Balaban J connectivity index is 1.76. The number of hydrogen-bond donors (Lipinski definition) is 1. The molecule has 0 atom stereocenters. The average Bonchev–Trinajstić information content (AvgIpc) is 3.15. The van der Waals surface area contributed by atoms with Gasteiger partial charge in [0, 0.05) is 11.9 Å². The summed E-state index contributed by atoms with van der Waals surface area (Å²) < 4.78 is 56.2. The minimum absolute atomic E-state index is 0.0287. The zero-order valence-electron chi connectivity index (χ0n) is 14.8. The normalized spacial score (nSPS) is 11.2. The predicted octanol–water partition coefficient (Wildman–Crippen LogP) is 4.51. The lowest BCUT2D eigenvalue weighted by Gasteiger charge is -2.16. The highest BCUT2D eigenvalue weighted by molar-refractivity contribution is 7.16. The molecule has 0 aliphatic carbocycles. The first-order valence-corrected chi connectivity index (χ1v) is 9.21. The number of thiazole rings is 1. The van der Waals surface area contributed by atoms with E-state index < -0.39 is 28.8 Å². The van der Waals surface area contributed by atoms with Crippen molar-refractivity contribution in [2.45, 2.75) is 13.5 Å². The average molecular weight is 420 g/mol. The van der Waals surface area contributed by atoms with E-state index in [1.54, 1.807) is 11.6 Å². The predicted molar refractivity (Wildman–Crippen MR) is 102 cm³/mol. The van der Waals surface area contributed by atoms with Crippen molar-refractivity contribution in [3.63, 3.8) is 0 Å². The molecule has 0 saturated carbocycles. The molecule has 0 unspecified atom stereocenters. The molecule has 2 aromatic heterocycles. The number of nitrogens with one attached hydrogen (secondary N) is 1. The summed E-state index contributed by atoms with van der Waals surface area (Å²) in [4.78, 5) is 19.7. The molecule has 10 heteroatoms. The van der Waals surface area contributed by atoms with Crippen LogP contribution in [-0.4, -0.2) is 14.5 Å². The first kappa shape index (κ1) is 19.1. The van der Waals surface area contributed by atoms with Gasteiger partial charge in [0.1, 0.15) is 0 Å². The van der Waals surface area contributed by atoms with Gasteiger partial charge in [-0.3, -0.25) is 4.79 Å². The fraction of sp³-hybridized carbons (Fsp3) is 0.105. The maximum Gasteiger partial charge on any atom is 0.310 e. The molecule has 0 aliphatic heterocycles. The summed E-state index contributed by atoms with van der Waals surface area (Å²) in [5.74, 6) is -5.50. The summed E-state index contributed by atoms with van der Waals surface area (Å²) in [5, 5.41) is 2.94. The van der Waals surface area contributed by atoms with Crippen LogP contribution in [0.4, 0.5) is 29.2 Å². The Labute approximate surface area is 165 Å². The molecular formula is C19H12F4N4OS. The third-order valence-corrected chi connectivity index (χ3v) is 5.15. The first-order valence-electron chi connectivity index (χ1n) is 8.33. The Kier molecular flexibility index (Phi) is 4.79. The van der Waals surface area contributed by atoms with Crippen LogP contribution in [0.2, 0.25) is 0 Å². The molecule has 2 aromatic carbocycles. The summed E-state index contributed by atoms with van der Waals surface area (Å²) in [6, 6.07) is 5.18. The van der Waals surface area contributed by atoms with Crippen molar-refractivity contribution in [3.05, 3.63) is 80.7 Å². The number of aryl methyl sites for hydroxylation is 1. The molecule has 0 aliphatic rings. The zero-order valence-corrected chi connectivity index (χ0v) is 15.7. The van der Waals surface area contributed by atoms with E-state index in [1.165, 1.54) is 15.9 Å². The number of halogens is 4. The zero-order chi connectivity index (χ0) is 20.7. The fourth-order valence-electron chi connectivity index (χ4n) is 2.91. The molecule has 5 nitrogen and oxygen atoms in total. The van der Waals surface area contributed by atoms with Crippen molar-refractivity contribution in [1.29, 1.82) is 0 Å². The number of nitrogens with zero attached hydrogens (tertiary/aromatic N) is 3. The Morgan fingerprint density at radius 2 is 1.83 bits per heavy atom. The van der Waals surface area contributed by atoms with E-state index in [0.717, 1.165) is 34.1 Å². The first-order chi connectivity index (χ1) is 13.8. The molecule has 148 valence electrons. The van der Waals surface area contributed by atoms with Gasteiger partial charge in [0.2, 0.25) is 11.8 Å². The van der Waals surface area contributed by atoms with Gasteiger partial charge >= 0.3 is 5.56 Å². The summed E-state index contributed by atoms with van der Waals surface area (Å²) in [7, 11) is 0. The van der Waals surface area contributed by atoms with Crippen molar-refractivity contribution < 1.29 is 17.6 Å². The molecule has 1 N–H and O–H groups in total. The quantitative estimate of drug-likeness (QED) is 0.390. The van der Waals surface area contributed by atoms with Crippen LogP contribution < -0.4 is 10.9 Å². The van der Waals surface area contributed by atoms with Gasteiger partial charge < -0.3 is 9.88 Å². The van der Waals surface area contributed by atoms with Crippen molar-refractivity contribution in [1.82, 2.24) is 14.5 Å². The van der Waals surface area contributed by atoms with Crippen LogP contribution in [0, 0.1) is 30.2 Å². The third-order valence-electron chi connectivity index (χ3n) is 4.35. The van der Waals surface area contributed by atoms with Crippen LogP contribution in [-0.2, 0) is 6.54 Å². The number of aromatic nitrogens is 3. The van der Waals surface area contributed by atoms with Gasteiger partial charge in [-0.05, 0) is 42.3 Å². The molecule has 0 spiro atoms. The summed E-state index contributed by atoms with van der Waals surface area (Å²) in [6.07, 6.45) is 0.869. The molecule has 4 aromatic rings. The molecule has 0 radical (unpaired) electrons. The maximum absolute atomic E-state index is 13.8. The summed E-state index contributed by atoms with van der Waals surface area (Å²) >= 11 is 1.47. The standard InChI is InChI=1S/C19H12F4N4OS/c1-9-14(2-3-15-17(9)24-8-29-15)25-19-26-18(28)13(22)7-27(19)6-10-4-11(20)16(23)12(21)5-10/h2-5,7-8H,6H2,1H3,(H,25,26,28). The van der Waals surface area contributed by atoms with E-state index in [4.69, 9.17) is 0 Å². The smallest absolute Gasteiger partial charge is 0.310 e. The highest BCUT2D eigenvalue weighted by atomic mass is 32.1. The lowest BCUT2D eigenvalue weighted by atomic mass is 10.2. The minimum atomic E-state index is -1.59. The molecule has 0 saturated heterocycles. The molecule has 29 heavy (non-hydrogen) atoms. The van der Waals surface area contributed by atoms with Gasteiger partial charge in [0.15, 0.2) is 17.5 Å². The van der Waals surface area contributed by atoms with Crippen molar-refractivity contribution in [2.24, 2.45) is 0 Å². The molecule has 4 rings (SSSR count). The highest BCUT2D eigenvalue weighted by Gasteiger charge is 2.15. The molecule has 0 amide bonds. The Bertz CT molecular complexity index is 1280. The van der Waals surface area contributed by atoms with Crippen LogP contribution >= 0.6 is 11.3 Å². The lowest BCUT2D eigenvalue weighted by molar-refractivity contribution is 0.444. The van der Waals surface area contributed by atoms with Crippen LogP contribution in [0.3, 0.4) is 0 Å². The van der Waals surface area contributed by atoms with E-state index in [9.17, 15) is 22.4 Å². The number of anilines is 2. The van der Waals surface area contributed by atoms with Crippen LogP contribution in [0.15, 0.2) is 40.8 Å². The summed E-state index contributed by atoms with van der Waals surface area (Å²) in [5.41, 5.74) is 2.76. The van der Waals surface area contributed by atoms with E-state index in [2.05, 4.69) is 15.3 Å². The largest absolute Gasteiger partial charge is 0.325 e. The monoisotopic (exact) mass is 420 g/mol. The maximum atomic E-state index is 13.8. The second-order valence-corrected chi connectivity index (χ2v) is 7.17. The van der Waals surface area contributed by atoms with Gasteiger partial charge in [-0.25, -0.2) is 18.2 Å². The number of fused-ring (bicyclic) bond motifs is 1. The number of hydrogen-bond acceptors (Lipinski definition) is 5. The minimum Gasteiger partial charge on any atom is -0.325 e. The van der Waals surface area contributed by atoms with Gasteiger partial charge in [0.05, 0.1) is 22.3 Å². The highest BCUT2D eigenvalue weighted by Crippen LogP contribution is 2.28. The van der Waals surface area contributed by atoms with E-state index in [0.29, 0.717) is 5.69 Å². The molecule has 2 heterocycles. The van der Waals surface area contributed by atoms with Crippen molar-refractivity contribution in [2.75, 3.05) is 5.32 Å². The molecule has 0 bridgehead atoms. The molecular weight excluding hydrogens is 408 g/mol. The van der Waals surface area contributed by atoms with Gasteiger partial charge in [-0.2, -0.15) is 9.37 Å². The topological polar surface area (TPSA) is 59.8 Å². The Morgan fingerprint density at radius 3 is 2.55 bits per heavy atom. The van der Waals surface area contributed by atoms with Gasteiger partial charge in [-0.15, -0.1) is 11.3 Å². The van der Waals surface area contributed by atoms with E-state index in [-0.39, 0.29) is 18.1 Å². The Hall–Kier alpha value is -3.27. The van der Waals surface area contributed by atoms with Crippen molar-refractivity contribution >= 4 is 33.2 Å². The number of rotatable bonds is 4. The summed E-state index contributed by atoms with van der Waals surface area (Å²) in [6.45, 7) is 1.57. The number of benzene rings is 2. The van der Waals surface area contributed by atoms with Crippen LogP contribution in [0.5, 0.6) is 0 Å². The second kappa shape index (κ2) is 7.28. The third kappa shape index (κ3) is 3.58. The Morgan fingerprint density at radius 1 is 1.10 bits per heavy atom. The molecule has 0 fully saturated rings. The second-order valence-electron chi connectivity index (χ2n) is 6.28. The fourth-order valence-corrected chi connectivity index (χ4v) is 3.64. The SMILES string of the molecule is Cc1c(Nc2nc(=O)c(F)cn2Cc2cc(F)c(F)c(F)c2)ccc2scnc12. The van der Waals surface area contributed by atoms with E-state index >= 15 is 0 Å². The van der Waals surface area contributed by atoms with Crippen LogP contribution in [0.1, 0.15) is 11.1 Å². The van der Waals surface area contributed by atoms with Crippen molar-refractivity contribution in [3.8, 4) is 0 Å². The lowest BCUT2D eigenvalue weighted by Crippen LogP contribution is -2.20. The van der Waals surface area contributed by atoms with E-state index in [1.807, 2.05) is 13.0 Å². The van der Waals surface area contributed by atoms with Crippen LogP contribution in [0.25, 0.3) is 10.2 Å². The van der Waals surface area contributed by atoms with Gasteiger partial charge in [0.25, 0.3) is 0 Å². The van der Waals surface area contributed by atoms with Gasteiger partial charge in [-0.1, -0.05) is 0 Å².